The van der Waals surface area contributed by atoms with Crippen molar-refractivity contribution in [3.8, 4) is 11.5 Å². The van der Waals surface area contributed by atoms with Gasteiger partial charge in [-0.1, -0.05) is 26.8 Å². The molecule has 2 rings (SSSR count). The second kappa shape index (κ2) is 14.4. The van der Waals surface area contributed by atoms with Gasteiger partial charge in [-0.3, -0.25) is 14.4 Å². The van der Waals surface area contributed by atoms with E-state index in [-0.39, 0.29) is 0 Å². The van der Waals surface area contributed by atoms with E-state index in [4.69, 9.17) is 34.7 Å². The fraction of sp³-hybridized carbons (Fsp3) is 0.609. The van der Waals surface area contributed by atoms with Crippen LogP contribution >= 0.6 is 0 Å². The smallest absolute Gasteiger partial charge is 0.336 e. The monoisotopic (exact) mass is 487 g/mol. The first-order valence-electron chi connectivity index (χ1n) is 11.0. The number of carboxylic acid groups (broad SMARTS) is 3. The highest BCUT2D eigenvalue weighted by atomic mass is 16.7. The molecule has 1 aromatic rings. The summed E-state index contributed by atoms with van der Waals surface area (Å²) < 4.78 is 11.4. The molecule has 1 aromatic carbocycles. The number of nitrogens with zero attached hydrogens (tertiary/aromatic N) is 1. The Morgan fingerprint density at radius 3 is 1.82 bits per heavy atom. The first kappa shape index (κ1) is 31.1. The van der Waals surface area contributed by atoms with E-state index in [1.807, 2.05) is 44.0 Å². The molecule has 1 heterocycles. The van der Waals surface area contributed by atoms with Gasteiger partial charge < -0.3 is 29.9 Å². The summed E-state index contributed by atoms with van der Waals surface area (Å²) in [7, 11) is 0. The van der Waals surface area contributed by atoms with Gasteiger partial charge in [0.1, 0.15) is 0 Å². The van der Waals surface area contributed by atoms with Crippen LogP contribution in [0, 0.1) is 6.92 Å². The van der Waals surface area contributed by atoms with Crippen molar-refractivity contribution in [3.05, 3.63) is 23.8 Å². The van der Waals surface area contributed by atoms with Crippen LogP contribution in [0.25, 0.3) is 0 Å². The van der Waals surface area contributed by atoms with Gasteiger partial charge in [0.2, 0.25) is 5.79 Å². The van der Waals surface area contributed by atoms with Crippen LogP contribution in [0.5, 0.6) is 11.5 Å². The van der Waals surface area contributed by atoms with E-state index in [1.165, 1.54) is 5.56 Å². The van der Waals surface area contributed by atoms with Gasteiger partial charge in [0, 0.05) is 26.4 Å². The second-order valence-corrected chi connectivity index (χ2v) is 7.65. The Kier molecular flexibility index (Phi) is 13.2. The van der Waals surface area contributed by atoms with Gasteiger partial charge in [-0.05, 0) is 31.5 Å². The van der Waals surface area contributed by atoms with Gasteiger partial charge in [-0.15, -0.1) is 0 Å². The van der Waals surface area contributed by atoms with E-state index in [9.17, 15) is 14.4 Å². The minimum absolute atomic E-state index is 0.462. The van der Waals surface area contributed by atoms with E-state index >= 15 is 0 Å². The Labute approximate surface area is 199 Å². The van der Waals surface area contributed by atoms with Crippen molar-refractivity contribution in [1.82, 2.24) is 5.06 Å². The van der Waals surface area contributed by atoms with E-state index in [0.29, 0.717) is 0 Å². The van der Waals surface area contributed by atoms with Crippen molar-refractivity contribution in [1.29, 1.82) is 0 Å². The highest BCUT2D eigenvalue weighted by Gasteiger charge is 2.40. The lowest BCUT2D eigenvalue weighted by molar-refractivity contribution is -0.170. The molecule has 194 valence electrons. The molecule has 1 aliphatic heterocycles. The average molecular weight is 488 g/mol. The molecule has 1 unspecified atom stereocenters. The van der Waals surface area contributed by atoms with Crippen molar-refractivity contribution >= 4 is 17.9 Å². The third-order valence-electron chi connectivity index (χ3n) is 4.70. The van der Waals surface area contributed by atoms with E-state index in [0.717, 1.165) is 37.6 Å². The summed E-state index contributed by atoms with van der Waals surface area (Å²) in [6, 6.07) is 6.01. The molecule has 0 amide bonds. The zero-order chi connectivity index (χ0) is 26.5. The third kappa shape index (κ3) is 10.8. The van der Waals surface area contributed by atoms with Crippen LogP contribution in [0.2, 0.25) is 0 Å². The summed E-state index contributed by atoms with van der Waals surface area (Å²) in [5.41, 5.74) is -1.54. The van der Waals surface area contributed by atoms with Gasteiger partial charge in [0.15, 0.2) is 17.1 Å². The number of aliphatic hydroxyl groups is 1. The van der Waals surface area contributed by atoms with Gasteiger partial charge in [-0.25, -0.2) is 4.79 Å². The maximum absolute atomic E-state index is 10.3. The van der Waals surface area contributed by atoms with Crippen LogP contribution in [-0.4, -0.2) is 74.5 Å². The molecule has 1 atom stereocenters. The first-order valence-corrected chi connectivity index (χ1v) is 11.0. The van der Waals surface area contributed by atoms with Gasteiger partial charge in [0.05, 0.1) is 19.4 Å². The highest BCUT2D eigenvalue weighted by Crippen LogP contribution is 2.40. The van der Waals surface area contributed by atoms with Gasteiger partial charge >= 0.3 is 17.9 Å². The number of hydrogen-bond donors (Lipinski definition) is 4. The minimum Gasteiger partial charge on any atom is -0.481 e. The number of carboxylic acids is 3. The number of aryl methyl sites for hydroxylation is 1. The van der Waals surface area contributed by atoms with E-state index in [1.54, 1.807) is 0 Å². The van der Waals surface area contributed by atoms with Crippen molar-refractivity contribution in [3.63, 3.8) is 0 Å². The van der Waals surface area contributed by atoms with Gasteiger partial charge in [-0.2, -0.15) is 5.06 Å². The molecule has 0 radical (unpaired) electrons. The summed E-state index contributed by atoms with van der Waals surface area (Å²) >= 11 is 0. The zero-order valence-corrected chi connectivity index (χ0v) is 20.7. The number of benzene rings is 1. The summed E-state index contributed by atoms with van der Waals surface area (Å²) in [4.78, 5) is 35.7. The van der Waals surface area contributed by atoms with Crippen LogP contribution in [-0.2, 0) is 19.2 Å². The van der Waals surface area contributed by atoms with E-state index in [2.05, 4.69) is 20.8 Å². The number of ether oxygens (including phenoxy) is 2. The summed E-state index contributed by atoms with van der Waals surface area (Å²) in [5, 5.41) is 35.7. The van der Waals surface area contributed by atoms with Crippen LogP contribution in [0.3, 0.4) is 0 Å². The van der Waals surface area contributed by atoms with Crippen LogP contribution < -0.4 is 9.47 Å². The van der Waals surface area contributed by atoms with Crippen LogP contribution in [0.4, 0.5) is 0 Å². The molecule has 1 aliphatic rings. The Bertz CT molecular complexity index is 793. The SMILES string of the molecule is CCC1(C)Oc2ccc(C)cc2O1.CCON(CC)CC.O=C(O)CC(O)(CC(=O)O)C(=O)O. The molecule has 0 spiro atoms. The number of hydrogen-bond acceptors (Lipinski definition) is 8. The normalized spacial score (nSPS) is 16.1. The molecule has 0 fully saturated rings. The molecule has 4 N–H and O–H groups in total. The average Bonchev–Trinajstić information content (AvgIpc) is 3.07. The maximum atomic E-state index is 10.3. The van der Waals surface area contributed by atoms with Crippen molar-refractivity contribution < 1.29 is 49.1 Å². The van der Waals surface area contributed by atoms with E-state index < -0.39 is 42.1 Å². The summed E-state index contributed by atoms with van der Waals surface area (Å²) in [6.45, 7) is 15.0. The number of hydroxylamine groups is 2. The fourth-order valence-corrected chi connectivity index (χ4v) is 2.71. The highest BCUT2D eigenvalue weighted by molar-refractivity contribution is 5.88. The Morgan fingerprint density at radius 1 is 0.971 bits per heavy atom. The van der Waals surface area contributed by atoms with Crippen molar-refractivity contribution in [2.75, 3.05) is 19.7 Å². The lowest BCUT2D eigenvalue weighted by Gasteiger charge is -2.20. The Morgan fingerprint density at radius 2 is 1.47 bits per heavy atom. The maximum Gasteiger partial charge on any atom is 0.336 e. The van der Waals surface area contributed by atoms with Crippen molar-refractivity contribution in [2.24, 2.45) is 0 Å². The number of carbonyl (C=O) groups is 3. The Balaban J connectivity index is 0.000000497. The topological polar surface area (TPSA) is 163 Å². The largest absolute Gasteiger partial charge is 0.481 e. The second-order valence-electron chi connectivity index (χ2n) is 7.65. The summed E-state index contributed by atoms with van der Waals surface area (Å²) in [5.74, 6) is -3.76. The molecule has 0 bridgehead atoms. The number of rotatable bonds is 10. The fourth-order valence-electron chi connectivity index (χ4n) is 2.71. The molecule has 0 saturated carbocycles. The molecule has 0 aliphatic carbocycles. The lowest BCUT2D eigenvalue weighted by atomic mass is 9.96. The molecular weight excluding hydrogens is 450 g/mol. The minimum atomic E-state index is -2.74. The zero-order valence-electron chi connectivity index (χ0n) is 20.7. The molecule has 11 nitrogen and oxygen atoms in total. The predicted octanol–water partition coefficient (Wildman–Crippen LogP) is 2.92. The first-order chi connectivity index (χ1) is 15.8. The standard InChI is InChI=1S/C11H14O2.C6H15NO.C6H8O7/c1-4-11(3)12-9-6-5-8(2)7-10(9)13-11;1-4-7(5-2)8-6-3;7-3(8)1-6(13,5(11)12)2-4(9)10/h5-7H,4H2,1-3H3;4-6H2,1-3H3;13H,1-2H2,(H,7,8)(H,9,10)(H,11,12). The molecular formula is C23H37NO10. The third-order valence-corrected chi connectivity index (χ3v) is 4.70. The number of fused-ring (bicyclic) bond motifs is 1. The predicted molar refractivity (Wildman–Crippen MR) is 123 cm³/mol. The van der Waals surface area contributed by atoms with Crippen LogP contribution in [0.1, 0.15) is 59.4 Å². The molecule has 0 saturated heterocycles. The van der Waals surface area contributed by atoms with Crippen LogP contribution in [0.15, 0.2) is 18.2 Å². The summed E-state index contributed by atoms with van der Waals surface area (Å²) in [6.07, 6.45) is -1.44. The Hall–Kier alpha value is -2.89. The van der Waals surface area contributed by atoms with Gasteiger partial charge in [0.25, 0.3) is 0 Å². The number of aliphatic carboxylic acids is 3. The molecule has 0 aromatic heterocycles. The quantitative estimate of drug-likeness (QED) is 0.359. The molecule has 34 heavy (non-hydrogen) atoms. The lowest BCUT2D eigenvalue weighted by Crippen LogP contribution is -2.42. The van der Waals surface area contributed by atoms with Crippen molar-refractivity contribution in [2.45, 2.75) is 72.2 Å². The molecule has 11 heteroatoms.